The molecule has 0 aliphatic carbocycles. The molecule has 198 valence electrons. The molecule has 0 radical (unpaired) electrons. The molecule has 37 heavy (non-hydrogen) atoms. The summed E-state index contributed by atoms with van der Waals surface area (Å²) in [7, 11) is 1.72. The van der Waals surface area contributed by atoms with Crippen molar-refractivity contribution in [2.24, 2.45) is 0 Å². The van der Waals surface area contributed by atoms with Gasteiger partial charge in [-0.3, -0.25) is 9.69 Å². The molecule has 2 amide bonds. The van der Waals surface area contributed by atoms with Crippen molar-refractivity contribution < 1.29 is 23.1 Å². The number of likely N-dealkylation sites (tertiary alicyclic amines) is 1. The summed E-state index contributed by atoms with van der Waals surface area (Å²) in [6.45, 7) is 5.32. The molecule has 1 saturated heterocycles. The third-order valence-electron chi connectivity index (χ3n) is 5.31. The average molecular weight is 515 g/mol. The third kappa shape index (κ3) is 8.31. The summed E-state index contributed by atoms with van der Waals surface area (Å²) in [5.41, 5.74) is 0.519. The number of halogens is 2. The van der Waals surface area contributed by atoms with Crippen molar-refractivity contribution >= 4 is 29.5 Å². The second-order valence-electron chi connectivity index (χ2n) is 9.52. The molecule has 1 aromatic heterocycles. The van der Waals surface area contributed by atoms with Crippen LogP contribution in [0.15, 0.2) is 30.5 Å². The van der Waals surface area contributed by atoms with Gasteiger partial charge in [-0.05, 0) is 51.5 Å². The fourth-order valence-electron chi connectivity index (χ4n) is 3.61. The van der Waals surface area contributed by atoms with Crippen LogP contribution in [-0.4, -0.2) is 64.8 Å². The summed E-state index contributed by atoms with van der Waals surface area (Å²) in [6, 6.07) is 4.95. The highest BCUT2D eigenvalue weighted by Gasteiger charge is 2.41. The quantitative estimate of drug-likeness (QED) is 0.379. The minimum atomic E-state index is -1.27. The van der Waals surface area contributed by atoms with Gasteiger partial charge < -0.3 is 20.7 Å². The summed E-state index contributed by atoms with van der Waals surface area (Å²) in [6.07, 6.45) is 0.624. The monoisotopic (exact) mass is 514 g/mol. The minimum Gasteiger partial charge on any atom is -0.444 e. The number of alkyl halides is 1. The maximum atomic E-state index is 14.0. The van der Waals surface area contributed by atoms with E-state index < -0.39 is 29.8 Å². The lowest BCUT2D eigenvalue weighted by molar-refractivity contribution is -0.125. The first kappa shape index (κ1) is 27.6. The van der Waals surface area contributed by atoms with E-state index in [-0.39, 0.29) is 18.8 Å². The molecule has 1 aliphatic heterocycles. The van der Waals surface area contributed by atoms with Crippen LogP contribution in [0.2, 0.25) is 0 Å². The van der Waals surface area contributed by atoms with Gasteiger partial charge in [0.25, 0.3) is 0 Å². The molecule has 0 bridgehead atoms. The zero-order valence-electron chi connectivity index (χ0n) is 21.4. The summed E-state index contributed by atoms with van der Waals surface area (Å²) in [5.74, 6) is 6.17. The Bertz CT molecular complexity index is 1160. The maximum absolute atomic E-state index is 14.0. The van der Waals surface area contributed by atoms with E-state index in [4.69, 9.17) is 4.74 Å². The van der Waals surface area contributed by atoms with Gasteiger partial charge >= 0.3 is 6.09 Å². The van der Waals surface area contributed by atoms with Crippen molar-refractivity contribution in [1.82, 2.24) is 20.2 Å². The van der Waals surface area contributed by atoms with Crippen LogP contribution in [0.3, 0.4) is 0 Å². The Morgan fingerprint density at radius 1 is 1.24 bits per heavy atom. The Morgan fingerprint density at radius 2 is 1.97 bits per heavy atom. The smallest absolute Gasteiger partial charge is 0.411 e. The average Bonchev–Trinajstić information content (AvgIpc) is 3.24. The van der Waals surface area contributed by atoms with Gasteiger partial charge in [0.15, 0.2) is 0 Å². The van der Waals surface area contributed by atoms with Gasteiger partial charge in [0, 0.05) is 32.1 Å². The van der Waals surface area contributed by atoms with Crippen molar-refractivity contribution in [2.45, 2.75) is 57.8 Å². The first-order chi connectivity index (χ1) is 17.6. The Morgan fingerprint density at radius 3 is 2.65 bits per heavy atom. The third-order valence-corrected chi connectivity index (χ3v) is 5.31. The van der Waals surface area contributed by atoms with Crippen molar-refractivity contribution in [1.29, 1.82) is 0 Å². The first-order valence-electron chi connectivity index (χ1n) is 12.0. The highest BCUT2D eigenvalue weighted by molar-refractivity contribution is 5.86. The van der Waals surface area contributed by atoms with Gasteiger partial charge in [-0.2, -0.15) is 4.98 Å². The molecule has 2 aromatic rings. The predicted octanol–water partition coefficient (Wildman–Crippen LogP) is 4.00. The minimum absolute atomic E-state index is 0.0519. The lowest BCUT2D eigenvalue weighted by atomic mass is 10.2. The highest BCUT2D eigenvalue weighted by Crippen LogP contribution is 2.23. The van der Waals surface area contributed by atoms with Crippen LogP contribution in [0, 0.1) is 17.7 Å². The number of nitrogens with zero attached hydrogens (tertiary/aromatic N) is 3. The molecular formula is C26H32F2N6O3. The normalized spacial score (nSPS) is 17.0. The van der Waals surface area contributed by atoms with E-state index in [1.807, 2.05) is 0 Å². The molecule has 3 rings (SSSR count). The molecule has 1 aromatic carbocycles. The summed E-state index contributed by atoms with van der Waals surface area (Å²) >= 11 is 0. The van der Waals surface area contributed by atoms with Gasteiger partial charge in [-0.25, -0.2) is 18.6 Å². The number of amides is 2. The maximum Gasteiger partial charge on any atom is 0.411 e. The number of hydrogen-bond acceptors (Lipinski definition) is 7. The van der Waals surface area contributed by atoms with Crippen LogP contribution in [-0.2, 0) is 9.53 Å². The molecule has 11 heteroatoms. The van der Waals surface area contributed by atoms with E-state index in [0.717, 1.165) is 4.90 Å². The molecular weight excluding hydrogens is 482 g/mol. The van der Waals surface area contributed by atoms with Gasteiger partial charge in [-0.1, -0.05) is 11.8 Å². The largest absolute Gasteiger partial charge is 0.444 e. The van der Waals surface area contributed by atoms with Crippen molar-refractivity contribution in [3.63, 3.8) is 0 Å². The molecule has 0 unspecified atom stereocenters. The molecule has 1 fully saturated rings. The predicted molar refractivity (Wildman–Crippen MR) is 137 cm³/mol. The Kier molecular flexibility index (Phi) is 9.22. The number of unbranched alkanes of at least 4 members (excludes halogenated alkanes) is 1. The Hall–Kier alpha value is -3.94. The molecule has 0 spiro atoms. The van der Waals surface area contributed by atoms with Crippen LogP contribution in [0.25, 0.3) is 0 Å². The zero-order valence-corrected chi connectivity index (χ0v) is 21.4. The topological polar surface area (TPSA) is 108 Å². The number of aromatic nitrogens is 2. The highest BCUT2D eigenvalue weighted by atomic mass is 19.1. The molecule has 2 heterocycles. The lowest BCUT2D eigenvalue weighted by Crippen LogP contribution is -2.47. The van der Waals surface area contributed by atoms with Crippen LogP contribution >= 0.6 is 0 Å². The molecule has 9 nitrogen and oxygen atoms in total. The number of carbonyl (C=O) groups is 2. The van der Waals surface area contributed by atoms with Gasteiger partial charge in [0.05, 0.1) is 18.3 Å². The van der Waals surface area contributed by atoms with Crippen LogP contribution in [0.1, 0.15) is 45.6 Å². The summed E-state index contributed by atoms with van der Waals surface area (Å²) in [4.78, 5) is 34.7. The fraction of sp³-hybridized carbons (Fsp3) is 0.462. The van der Waals surface area contributed by atoms with Crippen molar-refractivity contribution in [3.8, 4) is 11.8 Å². The number of rotatable bonds is 7. The Labute approximate surface area is 215 Å². The van der Waals surface area contributed by atoms with Crippen LogP contribution < -0.4 is 16.0 Å². The van der Waals surface area contributed by atoms with E-state index >= 15 is 0 Å². The second kappa shape index (κ2) is 12.3. The number of benzene rings is 1. The number of hydrogen-bond donors (Lipinski definition) is 3. The van der Waals surface area contributed by atoms with E-state index in [1.54, 1.807) is 46.1 Å². The number of anilines is 3. The van der Waals surface area contributed by atoms with E-state index in [2.05, 4.69) is 37.8 Å². The SMILES string of the molecule is CNc1nc(Nc2ccc(F)cc2)ncc1C#CCCCNC(=O)[C@@H]1C[C@H](F)CN1C(=O)OC(C)(C)C. The van der Waals surface area contributed by atoms with E-state index in [1.165, 1.54) is 12.1 Å². The molecule has 0 saturated carbocycles. The number of carbonyl (C=O) groups excluding carboxylic acids is 2. The first-order valence-corrected chi connectivity index (χ1v) is 12.0. The second-order valence-corrected chi connectivity index (χ2v) is 9.52. The van der Waals surface area contributed by atoms with Crippen LogP contribution in [0.5, 0.6) is 0 Å². The molecule has 1 aliphatic rings. The Balaban J connectivity index is 1.48. The standard InChI is InChI=1S/C26H32F2N6O3/c1-26(2,3)37-25(36)34-16-19(28)14-21(34)23(35)30-13-7-5-6-8-17-15-31-24(33-22(17)29-4)32-20-11-9-18(27)10-12-20/h9-12,15,19,21H,5,7,13-14,16H2,1-4H3,(H,30,35)(H2,29,31,32,33)/t19-,21-/m0/s1. The van der Waals surface area contributed by atoms with Gasteiger partial charge in [0.1, 0.15) is 29.4 Å². The van der Waals surface area contributed by atoms with Crippen LogP contribution in [0.4, 0.5) is 31.0 Å². The fourth-order valence-corrected chi connectivity index (χ4v) is 3.61. The van der Waals surface area contributed by atoms with Crippen molar-refractivity contribution in [2.75, 3.05) is 30.8 Å². The molecule has 2 atom stereocenters. The van der Waals surface area contributed by atoms with Gasteiger partial charge in [-0.15, -0.1) is 0 Å². The van der Waals surface area contributed by atoms with Gasteiger partial charge in [0.2, 0.25) is 11.9 Å². The molecule has 3 N–H and O–H groups in total. The van der Waals surface area contributed by atoms with E-state index in [0.29, 0.717) is 42.4 Å². The number of nitrogens with one attached hydrogen (secondary N) is 3. The van der Waals surface area contributed by atoms with Crippen molar-refractivity contribution in [3.05, 3.63) is 41.8 Å². The zero-order chi connectivity index (χ0) is 27.0. The summed E-state index contributed by atoms with van der Waals surface area (Å²) in [5, 5.41) is 8.73. The van der Waals surface area contributed by atoms with E-state index in [9.17, 15) is 18.4 Å². The lowest BCUT2D eigenvalue weighted by Gasteiger charge is -2.27. The summed E-state index contributed by atoms with van der Waals surface area (Å²) < 4.78 is 32.3. The number of ether oxygens (including phenoxy) is 1.